The molecule has 0 bridgehead atoms. The van der Waals surface area contributed by atoms with Crippen LogP contribution in [0.3, 0.4) is 0 Å². The Hall–Kier alpha value is -1.26. The zero-order chi connectivity index (χ0) is 13.2. The molecule has 0 radical (unpaired) electrons. The van der Waals surface area contributed by atoms with Gasteiger partial charge < -0.3 is 19.5 Å². The molecule has 1 aromatic carbocycles. The van der Waals surface area contributed by atoms with E-state index in [0.29, 0.717) is 6.61 Å². The predicted molar refractivity (Wildman–Crippen MR) is 72.4 cm³/mol. The molecule has 0 aliphatic rings. The average Bonchev–Trinajstić information content (AvgIpc) is 2.41. The third-order valence-corrected chi connectivity index (χ3v) is 2.50. The summed E-state index contributed by atoms with van der Waals surface area (Å²) in [4.78, 5) is 0. The summed E-state index contributed by atoms with van der Waals surface area (Å²) in [6, 6.07) is 6.00. The number of ether oxygens (including phenoxy) is 3. The first-order valence-corrected chi connectivity index (χ1v) is 6.31. The minimum atomic E-state index is 0.705. The fourth-order valence-corrected chi connectivity index (χ4v) is 1.56. The molecule has 0 fully saturated rings. The van der Waals surface area contributed by atoms with Crippen LogP contribution in [0.25, 0.3) is 0 Å². The number of benzene rings is 1. The first-order chi connectivity index (χ1) is 8.81. The van der Waals surface area contributed by atoms with Gasteiger partial charge in [-0.05, 0) is 24.1 Å². The number of methoxy groups -OCH3 is 2. The third-order valence-electron chi connectivity index (χ3n) is 2.50. The van der Waals surface area contributed by atoms with Crippen LogP contribution < -0.4 is 14.8 Å². The van der Waals surface area contributed by atoms with Gasteiger partial charge in [-0.3, -0.25) is 0 Å². The van der Waals surface area contributed by atoms with Gasteiger partial charge in [0.15, 0.2) is 11.5 Å². The van der Waals surface area contributed by atoms with Crippen molar-refractivity contribution in [2.45, 2.75) is 19.9 Å². The van der Waals surface area contributed by atoms with Gasteiger partial charge in [0.1, 0.15) is 0 Å². The maximum atomic E-state index is 5.67. The maximum Gasteiger partial charge on any atom is 0.161 e. The maximum absolute atomic E-state index is 5.67. The molecule has 0 amide bonds. The van der Waals surface area contributed by atoms with Crippen LogP contribution in [0.4, 0.5) is 0 Å². The van der Waals surface area contributed by atoms with E-state index < -0.39 is 0 Å². The Morgan fingerprint density at radius 3 is 2.61 bits per heavy atom. The fourth-order valence-electron chi connectivity index (χ4n) is 1.56. The topological polar surface area (TPSA) is 39.7 Å². The molecule has 0 aliphatic heterocycles. The minimum absolute atomic E-state index is 0.705. The van der Waals surface area contributed by atoms with Crippen molar-refractivity contribution in [2.75, 3.05) is 34.0 Å². The van der Waals surface area contributed by atoms with Crippen molar-refractivity contribution < 1.29 is 14.2 Å². The summed E-state index contributed by atoms with van der Waals surface area (Å²) in [6.45, 7) is 5.15. The van der Waals surface area contributed by atoms with Crippen molar-refractivity contribution in [1.82, 2.24) is 5.32 Å². The van der Waals surface area contributed by atoms with Crippen LogP contribution in [0.5, 0.6) is 11.5 Å². The molecular weight excluding hydrogens is 230 g/mol. The molecule has 0 aromatic heterocycles. The highest BCUT2D eigenvalue weighted by Gasteiger charge is 2.05. The quantitative estimate of drug-likeness (QED) is 0.685. The lowest BCUT2D eigenvalue weighted by molar-refractivity contribution is 0.199. The first kappa shape index (κ1) is 14.8. The van der Waals surface area contributed by atoms with Crippen LogP contribution in [0.15, 0.2) is 18.2 Å². The van der Waals surface area contributed by atoms with Gasteiger partial charge in [-0.25, -0.2) is 0 Å². The second kappa shape index (κ2) is 8.78. The molecule has 0 saturated heterocycles. The van der Waals surface area contributed by atoms with Gasteiger partial charge in [0.25, 0.3) is 0 Å². The van der Waals surface area contributed by atoms with Gasteiger partial charge in [0, 0.05) is 20.2 Å². The largest absolute Gasteiger partial charge is 0.493 e. The van der Waals surface area contributed by atoms with E-state index in [1.54, 1.807) is 14.2 Å². The molecule has 4 nitrogen and oxygen atoms in total. The lowest BCUT2D eigenvalue weighted by Gasteiger charge is -2.12. The fraction of sp³-hybridized carbons (Fsp3) is 0.571. The molecule has 1 rings (SSSR count). The molecule has 0 unspecified atom stereocenters. The molecule has 0 atom stereocenters. The second-order valence-corrected chi connectivity index (χ2v) is 4.00. The Morgan fingerprint density at radius 2 is 1.94 bits per heavy atom. The van der Waals surface area contributed by atoms with Crippen molar-refractivity contribution in [3.63, 3.8) is 0 Å². The molecule has 0 heterocycles. The number of nitrogens with one attached hydrogen (secondary N) is 1. The summed E-state index contributed by atoms with van der Waals surface area (Å²) >= 11 is 0. The van der Waals surface area contributed by atoms with Crippen LogP contribution in [-0.2, 0) is 11.3 Å². The molecule has 0 aliphatic carbocycles. The van der Waals surface area contributed by atoms with E-state index in [4.69, 9.17) is 14.2 Å². The Kier molecular flexibility index (Phi) is 7.22. The van der Waals surface area contributed by atoms with Gasteiger partial charge in [0.2, 0.25) is 0 Å². The standard InChI is InChI=1S/C14H23NO3/c1-4-8-18-14-10-12(5-6-13(14)17-3)11-15-7-9-16-2/h5-6,10,15H,4,7-9,11H2,1-3H3. The SMILES string of the molecule is CCCOc1cc(CNCCOC)ccc1OC. The van der Waals surface area contributed by atoms with Crippen molar-refractivity contribution in [3.05, 3.63) is 23.8 Å². The highest BCUT2D eigenvalue weighted by molar-refractivity contribution is 5.42. The van der Waals surface area contributed by atoms with Crippen LogP contribution in [0, 0.1) is 0 Å². The highest BCUT2D eigenvalue weighted by atomic mass is 16.5. The molecule has 1 aromatic rings. The molecule has 0 spiro atoms. The lowest BCUT2D eigenvalue weighted by Crippen LogP contribution is -2.18. The molecular formula is C14H23NO3. The zero-order valence-electron chi connectivity index (χ0n) is 11.5. The van der Waals surface area contributed by atoms with Crippen molar-refractivity contribution in [2.24, 2.45) is 0 Å². The van der Waals surface area contributed by atoms with Crippen molar-refractivity contribution in [3.8, 4) is 11.5 Å². The smallest absolute Gasteiger partial charge is 0.161 e. The molecule has 0 saturated carbocycles. The van der Waals surface area contributed by atoms with Gasteiger partial charge >= 0.3 is 0 Å². The monoisotopic (exact) mass is 253 g/mol. The van der Waals surface area contributed by atoms with E-state index >= 15 is 0 Å². The molecule has 102 valence electrons. The summed E-state index contributed by atoms with van der Waals surface area (Å²) in [7, 11) is 3.36. The number of hydrogen-bond donors (Lipinski definition) is 1. The Labute approximate surface area is 109 Å². The van der Waals surface area contributed by atoms with Crippen LogP contribution in [0.1, 0.15) is 18.9 Å². The van der Waals surface area contributed by atoms with E-state index in [1.807, 2.05) is 18.2 Å². The van der Waals surface area contributed by atoms with Crippen LogP contribution in [0.2, 0.25) is 0 Å². The van der Waals surface area contributed by atoms with Crippen molar-refractivity contribution >= 4 is 0 Å². The lowest BCUT2D eigenvalue weighted by atomic mass is 10.2. The molecule has 1 N–H and O–H groups in total. The number of hydrogen-bond acceptors (Lipinski definition) is 4. The van der Waals surface area contributed by atoms with E-state index in [9.17, 15) is 0 Å². The summed E-state index contributed by atoms with van der Waals surface area (Å²) < 4.78 is 15.9. The predicted octanol–water partition coefficient (Wildman–Crippen LogP) is 2.22. The molecule has 4 heteroatoms. The Morgan fingerprint density at radius 1 is 1.11 bits per heavy atom. The van der Waals surface area contributed by atoms with E-state index in [2.05, 4.69) is 12.2 Å². The van der Waals surface area contributed by atoms with Gasteiger partial charge in [-0.15, -0.1) is 0 Å². The van der Waals surface area contributed by atoms with Crippen LogP contribution >= 0.6 is 0 Å². The van der Waals surface area contributed by atoms with Gasteiger partial charge in [-0.2, -0.15) is 0 Å². The Bertz CT molecular complexity index is 342. The van der Waals surface area contributed by atoms with E-state index in [0.717, 1.165) is 37.6 Å². The van der Waals surface area contributed by atoms with E-state index in [-0.39, 0.29) is 0 Å². The molecule has 18 heavy (non-hydrogen) atoms. The van der Waals surface area contributed by atoms with Gasteiger partial charge in [0.05, 0.1) is 20.3 Å². The number of rotatable bonds is 9. The normalized spacial score (nSPS) is 10.4. The summed E-state index contributed by atoms with van der Waals surface area (Å²) in [6.07, 6.45) is 0.986. The minimum Gasteiger partial charge on any atom is -0.493 e. The zero-order valence-corrected chi connectivity index (χ0v) is 11.5. The summed E-state index contributed by atoms with van der Waals surface area (Å²) in [5.41, 5.74) is 1.18. The van der Waals surface area contributed by atoms with Gasteiger partial charge in [-0.1, -0.05) is 13.0 Å². The van der Waals surface area contributed by atoms with E-state index in [1.165, 1.54) is 5.56 Å². The Balaban J connectivity index is 2.57. The average molecular weight is 253 g/mol. The van der Waals surface area contributed by atoms with Crippen molar-refractivity contribution in [1.29, 1.82) is 0 Å². The first-order valence-electron chi connectivity index (χ1n) is 6.31. The summed E-state index contributed by atoms with van der Waals surface area (Å²) in [5, 5.41) is 3.30. The van der Waals surface area contributed by atoms with Crippen LogP contribution in [-0.4, -0.2) is 34.0 Å². The third kappa shape index (κ3) is 4.94. The second-order valence-electron chi connectivity index (χ2n) is 4.00. The highest BCUT2D eigenvalue weighted by Crippen LogP contribution is 2.28. The summed E-state index contributed by atoms with van der Waals surface area (Å²) in [5.74, 6) is 1.59.